The van der Waals surface area contributed by atoms with Gasteiger partial charge in [-0.1, -0.05) is 54.1 Å². The van der Waals surface area contributed by atoms with Crippen LogP contribution in [0, 0.1) is 0 Å². The number of ether oxygens (including phenoxy) is 1. The average Bonchev–Trinajstić information content (AvgIpc) is 2.61. The van der Waals surface area contributed by atoms with E-state index >= 15 is 0 Å². The van der Waals surface area contributed by atoms with Crippen LogP contribution in [-0.2, 0) is 6.54 Å². The molecular formula is C20H18ClNO. The molecule has 2 nitrogen and oxygen atoms in total. The summed E-state index contributed by atoms with van der Waals surface area (Å²) in [5.74, 6) is 0.871. The molecule has 0 unspecified atom stereocenters. The van der Waals surface area contributed by atoms with E-state index < -0.39 is 0 Å². The first-order valence-electron chi connectivity index (χ1n) is 7.47. The van der Waals surface area contributed by atoms with Crippen molar-refractivity contribution < 1.29 is 4.74 Å². The molecule has 0 fully saturated rings. The predicted molar refractivity (Wildman–Crippen MR) is 97.2 cm³/mol. The Bertz CT molecular complexity index is 766. The fourth-order valence-electron chi connectivity index (χ4n) is 2.40. The summed E-state index contributed by atoms with van der Waals surface area (Å²) in [7, 11) is 1.68. The molecule has 0 spiro atoms. The van der Waals surface area contributed by atoms with Crippen molar-refractivity contribution in [2.24, 2.45) is 0 Å². The van der Waals surface area contributed by atoms with Gasteiger partial charge in [-0.2, -0.15) is 0 Å². The zero-order valence-electron chi connectivity index (χ0n) is 12.9. The molecule has 116 valence electrons. The second-order valence-electron chi connectivity index (χ2n) is 5.29. The summed E-state index contributed by atoms with van der Waals surface area (Å²) in [5, 5.41) is 4.12. The second-order valence-corrected chi connectivity index (χ2v) is 5.73. The quantitative estimate of drug-likeness (QED) is 0.657. The Morgan fingerprint density at radius 2 is 1.52 bits per heavy atom. The summed E-state index contributed by atoms with van der Waals surface area (Å²) >= 11 is 5.99. The predicted octanol–water partition coefficient (Wildman–Crippen LogP) is 5.63. The number of hydrogen-bond donors (Lipinski definition) is 1. The first-order chi connectivity index (χ1) is 11.2. The number of methoxy groups -OCH3 is 1. The molecule has 3 rings (SSSR count). The third-order valence-electron chi connectivity index (χ3n) is 3.70. The molecule has 0 saturated carbocycles. The Hall–Kier alpha value is -2.45. The van der Waals surface area contributed by atoms with Crippen LogP contribution in [0.4, 0.5) is 5.69 Å². The van der Waals surface area contributed by atoms with Crippen molar-refractivity contribution >= 4 is 17.3 Å². The molecule has 0 aliphatic heterocycles. The number of nitrogens with one attached hydrogen (secondary N) is 1. The Balaban J connectivity index is 1.66. The molecule has 3 heteroatoms. The van der Waals surface area contributed by atoms with Crippen LogP contribution in [0.3, 0.4) is 0 Å². The van der Waals surface area contributed by atoms with Crippen molar-refractivity contribution in [3.05, 3.63) is 83.4 Å². The van der Waals surface area contributed by atoms with Gasteiger partial charge < -0.3 is 10.1 Å². The minimum absolute atomic E-state index is 0.741. The van der Waals surface area contributed by atoms with E-state index in [9.17, 15) is 0 Å². The summed E-state index contributed by atoms with van der Waals surface area (Å²) in [6.07, 6.45) is 0. The van der Waals surface area contributed by atoms with Crippen LogP contribution in [0.1, 0.15) is 5.56 Å². The van der Waals surface area contributed by atoms with E-state index in [2.05, 4.69) is 41.7 Å². The van der Waals surface area contributed by atoms with Gasteiger partial charge >= 0.3 is 0 Å². The van der Waals surface area contributed by atoms with E-state index in [1.807, 2.05) is 36.4 Å². The van der Waals surface area contributed by atoms with E-state index in [1.165, 1.54) is 16.7 Å². The molecule has 0 aliphatic carbocycles. The number of anilines is 1. The molecule has 0 aliphatic rings. The molecule has 0 heterocycles. The molecule has 0 saturated heterocycles. The molecule has 0 atom stereocenters. The molecule has 23 heavy (non-hydrogen) atoms. The maximum atomic E-state index is 5.99. The molecule has 0 amide bonds. The van der Waals surface area contributed by atoms with Gasteiger partial charge in [0.1, 0.15) is 5.75 Å². The lowest BCUT2D eigenvalue weighted by Crippen LogP contribution is -1.98. The van der Waals surface area contributed by atoms with E-state index in [0.29, 0.717) is 0 Å². The van der Waals surface area contributed by atoms with E-state index in [0.717, 1.165) is 23.0 Å². The lowest BCUT2D eigenvalue weighted by molar-refractivity contribution is 0.415. The number of rotatable bonds is 5. The molecular weight excluding hydrogens is 306 g/mol. The highest BCUT2D eigenvalue weighted by Gasteiger charge is 2.00. The van der Waals surface area contributed by atoms with Crippen molar-refractivity contribution in [1.29, 1.82) is 0 Å². The third kappa shape index (κ3) is 4.05. The highest BCUT2D eigenvalue weighted by Crippen LogP contribution is 2.23. The van der Waals surface area contributed by atoms with Crippen LogP contribution >= 0.6 is 11.6 Å². The lowest BCUT2D eigenvalue weighted by Gasteiger charge is -2.08. The number of benzene rings is 3. The normalized spacial score (nSPS) is 10.3. The maximum Gasteiger partial charge on any atom is 0.118 e. The number of halogens is 1. The monoisotopic (exact) mass is 323 g/mol. The maximum absolute atomic E-state index is 5.99. The minimum Gasteiger partial charge on any atom is -0.497 e. The Morgan fingerprint density at radius 1 is 0.870 bits per heavy atom. The summed E-state index contributed by atoms with van der Waals surface area (Å²) in [4.78, 5) is 0. The molecule has 0 aromatic heterocycles. The average molecular weight is 324 g/mol. The van der Waals surface area contributed by atoms with Crippen LogP contribution in [0.2, 0.25) is 5.02 Å². The summed E-state index contributed by atoms with van der Waals surface area (Å²) in [6, 6.07) is 24.4. The summed E-state index contributed by atoms with van der Waals surface area (Å²) < 4.78 is 5.19. The van der Waals surface area contributed by atoms with Crippen LogP contribution in [0.5, 0.6) is 5.75 Å². The van der Waals surface area contributed by atoms with Crippen molar-refractivity contribution in [2.75, 3.05) is 12.4 Å². The molecule has 0 radical (unpaired) electrons. The topological polar surface area (TPSA) is 21.3 Å². The smallest absolute Gasteiger partial charge is 0.118 e. The van der Waals surface area contributed by atoms with Gasteiger partial charge in [-0.25, -0.2) is 0 Å². The van der Waals surface area contributed by atoms with Gasteiger partial charge in [0.25, 0.3) is 0 Å². The van der Waals surface area contributed by atoms with Crippen molar-refractivity contribution in [3.8, 4) is 16.9 Å². The van der Waals surface area contributed by atoms with Gasteiger partial charge in [0, 0.05) is 17.3 Å². The number of hydrogen-bond acceptors (Lipinski definition) is 2. The second kappa shape index (κ2) is 7.21. The lowest BCUT2D eigenvalue weighted by atomic mass is 10.0. The van der Waals surface area contributed by atoms with Crippen molar-refractivity contribution in [3.63, 3.8) is 0 Å². The molecule has 0 bridgehead atoms. The van der Waals surface area contributed by atoms with E-state index in [1.54, 1.807) is 7.11 Å². The van der Waals surface area contributed by atoms with Gasteiger partial charge in [0.2, 0.25) is 0 Å². The zero-order chi connectivity index (χ0) is 16.1. The van der Waals surface area contributed by atoms with Crippen LogP contribution < -0.4 is 10.1 Å². The van der Waals surface area contributed by atoms with Crippen LogP contribution in [0.15, 0.2) is 72.8 Å². The highest BCUT2D eigenvalue weighted by molar-refractivity contribution is 6.30. The Kier molecular flexibility index (Phi) is 4.84. The minimum atomic E-state index is 0.741. The fraction of sp³-hybridized carbons (Fsp3) is 0.100. The van der Waals surface area contributed by atoms with Gasteiger partial charge in [-0.15, -0.1) is 0 Å². The highest BCUT2D eigenvalue weighted by atomic mass is 35.5. The Morgan fingerprint density at radius 3 is 2.13 bits per heavy atom. The van der Waals surface area contributed by atoms with Gasteiger partial charge in [0.15, 0.2) is 0 Å². The van der Waals surface area contributed by atoms with Gasteiger partial charge in [0.05, 0.1) is 7.11 Å². The van der Waals surface area contributed by atoms with Crippen molar-refractivity contribution in [1.82, 2.24) is 0 Å². The third-order valence-corrected chi connectivity index (χ3v) is 3.93. The van der Waals surface area contributed by atoms with E-state index in [-0.39, 0.29) is 0 Å². The molecule has 3 aromatic carbocycles. The molecule has 1 N–H and O–H groups in total. The van der Waals surface area contributed by atoms with E-state index in [4.69, 9.17) is 16.3 Å². The van der Waals surface area contributed by atoms with Crippen molar-refractivity contribution in [2.45, 2.75) is 6.54 Å². The first kappa shape index (κ1) is 15.4. The SMILES string of the molecule is COc1ccc(-c2ccc(CNc3cccc(Cl)c3)cc2)cc1. The van der Waals surface area contributed by atoms with Gasteiger partial charge in [-0.05, 0) is 47.0 Å². The Labute approximate surface area is 141 Å². The fourth-order valence-corrected chi connectivity index (χ4v) is 2.59. The van der Waals surface area contributed by atoms with Gasteiger partial charge in [-0.3, -0.25) is 0 Å². The standard InChI is InChI=1S/C20H18ClNO/c1-23-20-11-9-17(10-12-20)16-7-5-15(6-8-16)14-22-19-4-2-3-18(21)13-19/h2-13,22H,14H2,1H3. The summed E-state index contributed by atoms with van der Waals surface area (Å²) in [5.41, 5.74) is 4.62. The zero-order valence-corrected chi connectivity index (χ0v) is 13.7. The summed E-state index contributed by atoms with van der Waals surface area (Å²) in [6.45, 7) is 0.767. The van der Waals surface area contributed by atoms with Crippen LogP contribution in [0.25, 0.3) is 11.1 Å². The molecule has 3 aromatic rings. The largest absolute Gasteiger partial charge is 0.497 e. The van der Waals surface area contributed by atoms with Crippen LogP contribution in [-0.4, -0.2) is 7.11 Å². The first-order valence-corrected chi connectivity index (χ1v) is 7.85.